The number of aliphatic hydroxyl groups is 5. The van der Waals surface area contributed by atoms with E-state index in [2.05, 4.69) is 5.32 Å². The molecule has 0 aliphatic carbocycles. The zero-order valence-corrected chi connectivity index (χ0v) is 34.1. The maximum atomic E-state index is 14.2. The van der Waals surface area contributed by atoms with Gasteiger partial charge in [0.25, 0.3) is 0 Å². The van der Waals surface area contributed by atoms with Crippen LogP contribution in [0.4, 0.5) is 0 Å². The molecule has 3 rings (SSSR count). The van der Waals surface area contributed by atoms with Crippen LogP contribution in [0.5, 0.6) is 0 Å². The van der Waals surface area contributed by atoms with Crippen molar-refractivity contribution < 1.29 is 58.7 Å². The van der Waals surface area contributed by atoms with E-state index in [0.29, 0.717) is 6.42 Å². The average molecular weight is 749 g/mol. The number of hydrogen-bond donors (Lipinski definition) is 6. The molecule has 0 spiro atoms. The van der Waals surface area contributed by atoms with E-state index in [9.17, 15) is 30.3 Å². The number of rotatable bonds is 8. The molecule has 19 atom stereocenters. The SMILES string of the molecule is CC[C@H]1OC(=O)[C@H](C)[C@@H](O[C@H]2C[C@@](C)(OC)[C@@H](O)[C@H](C)O2)[C@H](C)[C@@H](O[C@@H]2O[C@H](C)C[C@H](N(C)C)[C@H]2O)[C@](C)(O)C[C@@H](C)[C@H](NC)[C@H](C)[C@@H](O)[C@]1(C)O. The highest BCUT2D eigenvalue weighted by Crippen LogP contribution is 2.41. The molecule has 0 aromatic carbocycles. The van der Waals surface area contributed by atoms with E-state index in [0.717, 1.165) is 0 Å². The van der Waals surface area contributed by atoms with Crippen LogP contribution in [-0.4, -0.2) is 155 Å². The van der Waals surface area contributed by atoms with Gasteiger partial charge in [-0.05, 0) is 87.9 Å². The van der Waals surface area contributed by atoms with Gasteiger partial charge in [-0.25, -0.2) is 0 Å². The summed E-state index contributed by atoms with van der Waals surface area (Å²) in [5.41, 5.74) is -4.45. The zero-order chi connectivity index (χ0) is 39.7. The molecule has 3 aliphatic heterocycles. The predicted molar refractivity (Wildman–Crippen MR) is 194 cm³/mol. The molecule has 52 heavy (non-hydrogen) atoms. The molecular weight excluding hydrogens is 676 g/mol. The van der Waals surface area contributed by atoms with Crippen LogP contribution in [0.15, 0.2) is 0 Å². The molecule has 0 aromatic heterocycles. The minimum Gasteiger partial charge on any atom is -0.459 e. The van der Waals surface area contributed by atoms with Crippen molar-refractivity contribution in [1.82, 2.24) is 10.2 Å². The van der Waals surface area contributed by atoms with Crippen LogP contribution in [0.2, 0.25) is 0 Å². The topological polar surface area (TPSA) is 189 Å². The molecule has 6 N–H and O–H groups in total. The molecule has 14 heteroatoms. The summed E-state index contributed by atoms with van der Waals surface area (Å²) in [6, 6.07) is -0.673. The molecule has 0 bridgehead atoms. The number of nitrogens with one attached hydrogen (secondary N) is 1. The Kier molecular flexibility index (Phi) is 15.6. The van der Waals surface area contributed by atoms with E-state index < -0.39 is 102 Å². The van der Waals surface area contributed by atoms with Crippen LogP contribution in [-0.2, 0) is 33.2 Å². The van der Waals surface area contributed by atoms with Gasteiger partial charge < -0.3 is 64.2 Å². The van der Waals surface area contributed by atoms with Crippen molar-refractivity contribution in [3.8, 4) is 0 Å². The second kappa shape index (κ2) is 17.8. The summed E-state index contributed by atoms with van der Waals surface area (Å²) in [6.45, 7) is 17.5. The lowest BCUT2D eigenvalue weighted by molar-refractivity contribution is -0.318. The van der Waals surface area contributed by atoms with Crippen molar-refractivity contribution in [2.75, 3.05) is 28.3 Å². The van der Waals surface area contributed by atoms with Gasteiger partial charge in [-0.15, -0.1) is 0 Å². The Labute approximate surface area is 311 Å². The molecule has 14 nitrogen and oxygen atoms in total. The summed E-state index contributed by atoms with van der Waals surface area (Å²) in [5, 5.41) is 61.8. The third kappa shape index (κ3) is 9.67. The van der Waals surface area contributed by atoms with Crippen molar-refractivity contribution in [2.24, 2.45) is 23.7 Å². The normalized spacial score (nSPS) is 50.4. The van der Waals surface area contributed by atoms with E-state index in [1.807, 2.05) is 46.7 Å². The van der Waals surface area contributed by atoms with E-state index >= 15 is 0 Å². The smallest absolute Gasteiger partial charge is 0.311 e. The Morgan fingerprint density at radius 2 is 1.54 bits per heavy atom. The molecule has 306 valence electrons. The summed E-state index contributed by atoms with van der Waals surface area (Å²) in [5.74, 6) is -3.26. The molecule has 3 saturated heterocycles. The highest BCUT2D eigenvalue weighted by atomic mass is 16.7. The van der Waals surface area contributed by atoms with Crippen LogP contribution in [0.25, 0.3) is 0 Å². The Hall–Kier alpha value is -1.01. The van der Waals surface area contributed by atoms with Crippen molar-refractivity contribution in [2.45, 2.75) is 185 Å². The maximum Gasteiger partial charge on any atom is 0.311 e. The average Bonchev–Trinajstić information content (AvgIpc) is 3.06. The van der Waals surface area contributed by atoms with Gasteiger partial charge >= 0.3 is 5.97 Å². The minimum absolute atomic E-state index is 0.131. The quantitative estimate of drug-likeness (QED) is 0.197. The van der Waals surface area contributed by atoms with Crippen LogP contribution in [0.3, 0.4) is 0 Å². The molecule has 0 aromatic rings. The fourth-order valence-corrected chi connectivity index (χ4v) is 9.15. The number of likely N-dealkylation sites (N-methyl/N-ethyl adjacent to an activating group) is 1. The second-order valence-corrected chi connectivity index (χ2v) is 17.0. The summed E-state index contributed by atoms with van der Waals surface area (Å²) in [4.78, 5) is 16.1. The van der Waals surface area contributed by atoms with Gasteiger partial charge in [0.1, 0.15) is 23.9 Å². The molecule has 3 heterocycles. The molecule has 0 unspecified atom stereocenters. The summed E-state index contributed by atoms with van der Waals surface area (Å²) in [7, 11) is 7.03. The number of methoxy groups -OCH3 is 1. The van der Waals surface area contributed by atoms with Crippen LogP contribution < -0.4 is 5.32 Å². The Balaban J connectivity index is 2.20. The largest absolute Gasteiger partial charge is 0.459 e. The maximum absolute atomic E-state index is 14.2. The van der Waals surface area contributed by atoms with Crippen LogP contribution >= 0.6 is 0 Å². The van der Waals surface area contributed by atoms with Crippen LogP contribution in [0, 0.1) is 23.7 Å². The number of aliphatic hydroxyl groups excluding tert-OH is 3. The van der Waals surface area contributed by atoms with Crippen molar-refractivity contribution in [3.05, 3.63) is 0 Å². The van der Waals surface area contributed by atoms with Gasteiger partial charge in [-0.1, -0.05) is 27.7 Å². The van der Waals surface area contributed by atoms with Gasteiger partial charge in [0.05, 0.1) is 47.6 Å². The molecule has 0 saturated carbocycles. The molecule has 0 radical (unpaired) electrons. The molecule has 3 fully saturated rings. The molecule has 3 aliphatic rings. The summed E-state index contributed by atoms with van der Waals surface area (Å²) < 4.78 is 37.5. The van der Waals surface area contributed by atoms with Crippen molar-refractivity contribution >= 4 is 5.97 Å². The first kappa shape index (κ1) is 45.4. The predicted octanol–water partition coefficient (Wildman–Crippen LogP) is 1.80. The van der Waals surface area contributed by atoms with Crippen molar-refractivity contribution in [3.63, 3.8) is 0 Å². The number of nitrogens with zero attached hydrogens (tertiary/aromatic N) is 1. The minimum atomic E-state index is -1.81. The van der Waals surface area contributed by atoms with Gasteiger partial charge in [-0.2, -0.15) is 0 Å². The Morgan fingerprint density at radius 3 is 2.08 bits per heavy atom. The number of carbonyl (C=O) groups excluding carboxylic acids is 1. The number of cyclic esters (lactones) is 1. The van der Waals surface area contributed by atoms with E-state index in [1.54, 1.807) is 41.7 Å². The molecule has 0 amide bonds. The monoisotopic (exact) mass is 749 g/mol. The lowest BCUT2D eigenvalue weighted by atomic mass is 9.72. The standard InChI is InChI=1S/C38H72N2O12/c1-15-26-38(10,46)31(42)21(4)28(39-11)19(2)17-36(8,45)33(52-35-29(41)25(40(12)13)16-20(3)48-35)22(5)30(23(6)34(44)50-26)51-27-18-37(9,47-14)32(43)24(7)49-27/h19-33,35,39,41-43,45-46H,15-18H2,1-14H3/t19-,20-,21+,22+,23-,24+,25+,26-,27+,28+,29-,30+,31-,32+,33-,35+,36-,37-,38-/m1/s1. The summed E-state index contributed by atoms with van der Waals surface area (Å²) in [6.07, 6.45) is -8.37. The third-order valence-corrected chi connectivity index (χ3v) is 12.4. The number of carbonyl (C=O) groups is 1. The Morgan fingerprint density at radius 1 is 0.923 bits per heavy atom. The lowest BCUT2D eigenvalue weighted by Crippen LogP contribution is -2.62. The fraction of sp³-hybridized carbons (Fsp3) is 0.974. The zero-order valence-electron chi connectivity index (χ0n) is 34.1. The summed E-state index contributed by atoms with van der Waals surface area (Å²) >= 11 is 0. The van der Waals surface area contributed by atoms with E-state index in [-0.39, 0.29) is 37.3 Å². The lowest BCUT2D eigenvalue weighted by Gasteiger charge is -2.49. The Bertz CT molecular complexity index is 1140. The highest BCUT2D eigenvalue weighted by Gasteiger charge is 2.53. The van der Waals surface area contributed by atoms with E-state index in [4.69, 9.17) is 28.4 Å². The van der Waals surface area contributed by atoms with E-state index in [1.165, 1.54) is 14.0 Å². The first-order valence-electron chi connectivity index (χ1n) is 19.2. The first-order chi connectivity index (χ1) is 24.0. The number of esters is 1. The van der Waals surface area contributed by atoms with Crippen LogP contribution in [0.1, 0.15) is 94.9 Å². The van der Waals surface area contributed by atoms with Gasteiger partial charge in [0, 0.05) is 37.5 Å². The van der Waals surface area contributed by atoms with Crippen molar-refractivity contribution in [1.29, 1.82) is 0 Å². The van der Waals surface area contributed by atoms with Gasteiger partial charge in [0.2, 0.25) is 0 Å². The number of ether oxygens (including phenoxy) is 6. The van der Waals surface area contributed by atoms with Gasteiger partial charge in [-0.3, -0.25) is 4.79 Å². The number of hydrogen-bond acceptors (Lipinski definition) is 14. The first-order valence-corrected chi connectivity index (χ1v) is 19.2. The highest BCUT2D eigenvalue weighted by molar-refractivity contribution is 5.73. The molecular formula is C38H72N2O12. The third-order valence-electron chi connectivity index (χ3n) is 12.4. The van der Waals surface area contributed by atoms with Gasteiger partial charge in [0.15, 0.2) is 12.6 Å². The fourth-order valence-electron chi connectivity index (χ4n) is 9.15. The second-order valence-electron chi connectivity index (χ2n) is 17.0.